The summed E-state index contributed by atoms with van der Waals surface area (Å²) < 4.78 is 4.70. The van der Waals surface area contributed by atoms with Crippen LogP contribution in [0.5, 0.6) is 0 Å². The Kier molecular flexibility index (Phi) is 7.10. The third-order valence-corrected chi connectivity index (χ3v) is 4.20. The number of esters is 1. The van der Waals surface area contributed by atoms with Crippen molar-refractivity contribution in [3.8, 4) is 0 Å². The summed E-state index contributed by atoms with van der Waals surface area (Å²) in [5, 5.41) is 6.75. The van der Waals surface area contributed by atoms with Crippen LogP contribution in [0.25, 0.3) is 0 Å². The highest BCUT2D eigenvalue weighted by Gasteiger charge is 2.21. The minimum atomic E-state index is -0.582. The molecule has 25 heavy (non-hydrogen) atoms. The molecule has 7 heteroatoms. The van der Waals surface area contributed by atoms with Crippen molar-refractivity contribution in [1.82, 2.24) is 5.32 Å². The van der Waals surface area contributed by atoms with Crippen LogP contribution in [0.4, 0.5) is 5.69 Å². The SMILES string of the molecule is COC(=O)C[C@@H](NC(=O)CNc1ccccc1Cl)c1ccccc1Cl. The number of carbonyl (C=O) groups excluding carboxylic acids is 2. The second-order valence-corrected chi connectivity index (χ2v) is 6.07. The summed E-state index contributed by atoms with van der Waals surface area (Å²) in [5.41, 5.74) is 1.31. The number of hydrogen-bond acceptors (Lipinski definition) is 4. The first-order valence-electron chi connectivity index (χ1n) is 7.60. The fourth-order valence-corrected chi connectivity index (χ4v) is 2.74. The molecule has 2 rings (SSSR count). The van der Waals surface area contributed by atoms with Crippen LogP contribution in [0.15, 0.2) is 48.5 Å². The van der Waals surface area contributed by atoms with E-state index in [9.17, 15) is 9.59 Å². The molecule has 2 aromatic rings. The van der Waals surface area contributed by atoms with Crippen molar-refractivity contribution in [2.45, 2.75) is 12.5 Å². The standard InChI is InChI=1S/C18H18Cl2N2O3/c1-25-18(24)10-16(12-6-2-3-7-13(12)19)22-17(23)11-21-15-9-5-4-8-14(15)20/h2-9,16,21H,10-11H2,1H3,(H,22,23)/t16-/m1/s1. The van der Waals surface area contributed by atoms with Gasteiger partial charge in [-0.1, -0.05) is 53.5 Å². The van der Waals surface area contributed by atoms with E-state index in [1.807, 2.05) is 6.07 Å². The van der Waals surface area contributed by atoms with Crippen LogP contribution in [0, 0.1) is 0 Å². The van der Waals surface area contributed by atoms with Crippen LogP contribution in [-0.4, -0.2) is 25.5 Å². The second kappa shape index (κ2) is 9.30. The number of ether oxygens (including phenoxy) is 1. The van der Waals surface area contributed by atoms with Gasteiger partial charge in [0.15, 0.2) is 0 Å². The Morgan fingerprint density at radius 1 is 1.04 bits per heavy atom. The first kappa shape index (κ1) is 19.1. The molecule has 1 amide bonds. The molecule has 132 valence electrons. The summed E-state index contributed by atoms with van der Waals surface area (Å²) in [6, 6.07) is 13.6. The van der Waals surface area contributed by atoms with Crippen LogP contribution in [0.3, 0.4) is 0 Å². The number of rotatable bonds is 7. The Hall–Kier alpha value is -2.24. The molecule has 0 heterocycles. The van der Waals surface area contributed by atoms with Gasteiger partial charge in [-0.3, -0.25) is 9.59 Å². The Morgan fingerprint density at radius 2 is 1.68 bits per heavy atom. The number of amides is 1. The molecule has 0 spiro atoms. The van der Waals surface area contributed by atoms with Gasteiger partial charge in [-0.2, -0.15) is 0 Å². The maximum Gasteiger partial charge on any atom is 0.307 e. The van der Waals surface area contributed by atoms with Crippen LogP contribution >= 0.6 is 23.2 Å². The van der Waals surface area contributed by atoms with Crippen molar-refractivity contribution in [3.05, 3.63) is 64.1 Å². The van der Waals surface area contributed by atoms with E-state index in [0.717, 1.165) is 0 Å². The van der Waals surface area contributed by atoms with E-state index < -0.39 is 12.0 Å². The average molecular weight is 381 g/mol. The Bertz CT molecular complexity index is 753. The molecule has 1 atom stereocenters. The zero-order valence-corrected chi connectivity index (χ0v) is 15.1. The smallest absolute Gasteiger partial charge is 0.307 e. The van der Waals surface area contributed by atoms with Gasteiger partial charge in [-0.05, 0) is 23.8 Å². The van der Waals surface area contributed by atoms with Crippen LogP contribution in [-0.2, 0) is 14.3 Å². The third-order valence-electron chi connectivity index (χ3n) is 3.53. The molecule has 0 fully saturated rings. The van der Waals surface area contributed by atoms with E-state index in [2.05, 4.69) is 10.6 Å². The number of benzene rings is 2. The molecule has 2 aromatic carbocycles. The highest BCUT2D eigenvalue weighted by atomic mass is 35.5. The fourth-order valence-electron chi connectivity index (χ4n) is 2.27. The van der Waals surface area contributed by atoms with Crippen molar-refractivity contribution in [2.24, 2.45) is 0 Å². The Labute approximate surface area is 156 Å². The molecule has 5 nitrogen and oxygen atoms in total. The highest BCUT2D eigenvalue weighted by Crippen LogP contribution is 2.25. The first-order valence-corrected chi connectivity index (χ1v) is 8.36. The quantitative estimate of drug-likeness (QED) is 0.716. The zero-order valence-electron chi connectivity index (χ0n) is 13.6. The van der Waals surface area contributed by atoms with Crippen molar-refractivity contribution in [3.63, 3.8) is 0 Å². The summed E-state index contributed by atoms with van der Waals surface area (Å²) in [5.74, 6) is -0.738. The number of halogens is 2. The van der Waals surface area contributed by atoms with E-state index in [4.69, 9.17) is 27.9 Å². The molecule has 0 saturated carbocycles. The molecule has 0 aliphatic carbocycles. The summed E-state index contributed by atoms with van der Waals surface area (Å²) in [7, 11) is 1.30. The highest BCUT2D eigenvalue weighted by molar-refractivity contribution is 6.33. The molecule has 0 unspecified atom stereocenters. The van der Waals surface area contributed by atoms with Crippen LogP contribution in [0.1, 0.15) is 18.0 Å². The van der Waals surface area contributed by atoms with E-state index >= 15 is 0 Å². The molecule has 0 aliphatic rings. The maximum atomic E-state index is 12.3. The average Bonchev–Trinajstić information content (AvgIpc) is 2.61. The van der Waals surface area contributed by atoms with Crippen molar-refractivity contribution < 1.29 is 14.3 Å². The summed E-state index contributed by atoms with van der Waals surface area (Å²) in [6.07, 6.45) is -0.0158. The number of hydrogen-bond donors (Lipinski definition) is 2. The van der Waals surface area contributed by atoms with Gasteiger partial charge in [-0.25, -0.2) is 0 Å². The maximum absolute atomic E-state index is 12.3. The van der Waals surface area contributed by atoms with E-state index in [0.29, 0.717) is 21.3 Å². The number of carbonyl (C=O) groups is 2. The molecule has 0 radical (unpaired) electrons. The van der Waals surface area contributed by atoms with Gasteiger partial charge in [0.05, 0.1) is 36.8 Å². The Balaban J connectivity index is 2.05. The predicted octanol–water partition coefficient (Wildman–Crippen LogP) is 3.83. The molecule has 0 saturated heterocycles. The van der Waals surface area contributed by atoms with Crippen LogP contribution in [0.2, 0.25) is 10.0 Å². The van der Waals surface area contributed by atoms with Gasteiger partial charge in [0.25, 0.3) is 0 Å². The van der Waals surface area contributed by atoms with Gasteiger partial charge in [-0.15, -0.1) is 0 Å². The lowest BCUT2D eigenvalue weighted by Crippen LogP contribution is -2.34. The topological polar surface area (TPSA) is 67.4 Å². The monoisotopic (exact) mass is 380 g/mol. The predicted molar refractivity (Wildman–Crippen MR) is 98.9 cm³/mol. The third kappa shape index (κ3) is 5.66. The molecule has 0 aliphatic heterocycles. The van der Waals surface area contributed by atoms with E-state index in [1.165, 1.54) is 7.11 Å². The second-order valence-electron chi connectivity index (χ2n) is 5.26. The van der Waals surface area contributed by atoms with Crippen LogP contribution < -0.4 is 10.6 Å². The van der Waals surface area contributed by atoms with Crippen molar-refractivity contribution in [1.29, 1.82) is 0 Å². The summed E-state index contributed by atoms with van der Waals surface area (Å²) >= 11 is 12.2. The first-order chi connectivity index (χ1) is 12.0. The molecule has 2 N–H and O–H groups in total. The van der Waals surface area contributed by atoms with Crippen molar-refractivity contribution in [2.75, 3.05) is 19.0 Å². The number of para-hydroxylation sites is 1. The molecule has 0 aromatic heterocycles. The minimum absolute atomic E-state index is 0.00581. The van der Waals surface area contributed by atoms with Gasteiger partial charge >= 0.3 is 5.97 Å². The Morgan fingerprint density at radius 3 is 2.32 bits per heavy atom. The van der Waals surface area contributed by atoms with Gasteiger partial charge < -0.3 is 15.4 Å². The largest absolute Gasteiger partial charge is 0.469 e. The van der Waals surface area contributed by atoms with Gasteiger partial charge in [0.2, 0.25) is 5.91 Å². The number of nitrogens with one attached hydrogen (secondary N) is 2. The van der Waals surface area contributed by atoms with Gasteiger partial charge in [0.1, 0.15) is 0 Å². The molecular formula is C18H18Cl2N2O3. The summed E-state index contributed by atoms with van der Waals surface area (Å²) in [6.45, 7) is 0.00581. The number of methoxy groups -OCH3 is 1. The summed E-state index contributed by atoms with van der Waals surface area (Å²) in [4.78, 5) is 23.9. The molecular weight excluding hydrogens is 363 g/mol. The lowest BCUT2D eigenvalue weighted by Gasteiger charge is -2.20. The number of anilines is 1. The molecule has 0 bridgehead atoms. The lowest BCUT2D eigenvalue weighted by molar-refractivity contribution is -0.141. The van der Waals surface area contributed by atoms with Crippen molar-refractivity contribution >= 4 is 40.8 Å². The fraction of sp³-hybridized carbons (Fsp3) is 0.222. The van der Waals surface area contributed by atoms with Gasteiger partial charge in [0, 0.05) is 5.02 Å². The minimum Gasteiger partial charge on any atom is -0.469 e. The lowest BCUT2D eigenvalue weighted by atomic mass is 10.0. The van der Waals surface area contributed by atoms with E-state index in [1.54, 1.807) is 42.5 Å². The normalized spacial score (nSPS) is 11.5. The van der Waals surface area contributed by atoms with E-state index in [-0.39, 0.29) is 18.9 Å². The zero-order chi connectivity index (χ0) is 18.2.